The van der Waals surface area contributed by atoms with E-state index in [9.17, 15) is 4.79 Å². The van der Waals surface area contributed by atoms with E-state index in [-0.39, 0.29) is 5.91 Å². The number of amides is 1. The third-order valence-electron chi connectivity index (χ3n) is 4.22. The smallest absolute Gasteiger partial charge is 0.264 e. The first-order chi connectivity index (χ1) is 12.6. The Morgan fingerprint density at radius 1 is 1.04 bits per heavy atom. The molecular formula is C21H15ClN2OS. The second-order valence-electron chi connectivity index (χ2n) is 5.93. The van der Waals surface area contributed by atoms with Crippen LogP contribution in [0.15, 0.2) is 70.6 Å². The van der Waals surface area contributed by atoms with Gasteiger partial charge in [-0.3, -0.25) is 4.79 Å². The van der Waals surface area contributed by atoms with E-state index < -0.39 is 0 Å². The van der Waals surface area contributed by atoms with Crippen LogP contribution in [0.3, 0.4) is 0 Å². The van der Waals surface area contributed by atoms with Crippen molar-refractivity contribution in [3.05, 3.63) is 81.7 Å². The molecule has 3 nitrogen and oxygen atoms in total. The van der Waals surface area contributed by atoms with E-state index in [0.717, 1.165) is 27.6 Å². The van der Waals surface area contributed by atoms with Crippen LogP contribution in [0.25, 0.3) is 16.8 Å². The number of aliphatic imine (C=N–C) groups is 1. The first-order valence-corrected chi connectivity index (χ1v) is 9.34. The lowest BCUT2D eigenvalue weighted by atomic mass is 10.0. The molecule has 1 amide bonds. The van der Waals surface area contributed by atoms with Crippen molar-refractivity contribution in [3.63, 3.8) is 0 Å². The molecule has 5 heteroatoms. The summed E-state index contributed by atoms with van der Waals surface area (Å²) in [5, 5.41) is 6.32. The molecule has 1 aliphatic heterocycles. The first-order valence-electron chi connectivity index (χ1n) is 8.14. The van der Waals surface area contributed by atoms with Gasteiger partial charge in [-0.15, -0.1) is 0 Å². The number of thioether (sulfide) groups is 1. The standard InChI is InChI=1S/C21H15ClN2OS/c1-13-17(22)10-5-11-18(13)23-21-24-20(25)19(26-21)12-15-8-4-7-14-6-2-3-9-16(14)15/h2-12H,1H3,(H,23,24,25)/b19-12-. The predicted molar refractivity (Wildman–Crippen MR) is 111 cm³/mol. The van der Waals surface area contributed by atoms with E-state index in [0.29, 0.717) is 15.1 Å². The first kappa shape index (κ1) is 16.9. The van der Waals surface area contributed by atoms with Crippen LogP contribution in [0.5, 0.6) is 0 Å². The Morgan fingerprint density at radius 3 is 2.69 bits per heavy atom. The van der Waals surface area contributed by atoms with Crippen molar-refractivity contribution in [2.45, 2.75) is 6.92 Å². The molecule has 0 bridgehead atoms. The summed E-state index contributed by atoms with van der Waals surface area (Å²) in [4.78, 5) is 17.5. The highest BCUT2D eigenvalue weighted by molar-refractivity contribution is 8.18. The Hall–Kier alpha value is -2.56. The summed E-state index contributed by atoms with van der Waals surface area (Å²) in [5.41, 5.74) is 2.66. The van der Waals surface area contributed by atoms with Gasteiger partial charge >= 0.3 is 0 Å². The van der Waals surface area contributed by atoms with Gasteiger partial charge in [-0.1, -0.05) is 60.1 Å². The van der Waals surface area contributed by atoms with Crippen molar-refractivity contribution < 1.29 is 4.79 Å². The van der Waals surface area contributed by atoms with Crippen molar-refractivity contribution in [3.8, 4) is 0 Å². The Kier molecular flexibility index (Phi) is 4.53. The van der Waals surface area contributed by atoms with Gasteiger partial charge < -0.3 is 5.32 Å². The molecule has 3 aromatic carbocycles. The number of rotatable bonds is 2. The lowest BCUT2D eigenvalue weighted by molar-refractivity contribution is -0.115. The molecule has 3 aromatic rings. The maximum absolute atomic E-state index is 12.4. The molecule has 1 fully saturated rings. The Balaban J connectivity index is 1.69. The molecule has 4 rings (SSSR count). The number of hydrogen-bond acceptors (Lipinski definition) is 3. The van der Waals surface area contributed by atoms with Crippen molar-refractivity contribution in [2.24, 2.45) is 4.99 Å². The number of fused-ring (bicyclic) bond motifs is 1. The van der Waals surface area contributed by atoms with E-state index in [1.165, 1.54) is 11.8 Å². The van der Waals surface area contributed by atoms with E-state index >= 15 is 0 Å². The zero-order chi connectivity index (χ0) is 18.1. The fraction of sp³-hybridized carbons (Fsp3) is 0.0476. The summed E-state index contributed by atoms with van der Waals surface area (Å²) in [6.07, 6.45) is 1.91. The van der Waals surface area contributed by atoms with Crippen LogP contribution in [0.4, 0.5) is 5.69 Å². The summed E-state index contributed by atoms with van der Waals surface area (Å²) in [6, 6.07) is 19.8. The van der Waals surface area contributed by atoms with Gasteiger partial charge in [-0.05, 0) is 58.8 Å². The third kappa shape index (κ3) is 3.26. The minimum absolute atomic E-state index is 0.138. The molecule has 1 aliphatic rings. The lowest BCUT2D eigenvalue weighted by Gasteiger charge is -2.03. The average Bonchev–Trinajstić information content (AvgIpc) is 2.98. The summed E-state index contributed by atoms with van der Waals surface area (Å²) in [6.45, 7) is 1.91. The van der Waals surface area contributed by atoms with E-state index in [2.05, 4.69) is 28.5 Å². The molecule has 0 aliphatic carbocycles. The molecule has 0 aromatic heterocycles. The van der Waals surface area contributed by atoms with Crippen molar-refractivity contribution in [1.82, 2.24) is 5.32 Å². The van der Waals surface area contributed by atoms with Crippen molar-refractivity contribution >= 4 is 57.0 Å². The number of carbonyl (C=O) groups is 1. The summed E-state index contributed by atoms with van der Waals surface area (Å²) in [7, 11) is 0. The third-order valence-corrected chi connectivity index (χ3v) is 5.54. The van der Waals surface area contributed by atoms with Crippen LogP contribution in [-0.4, -0.2) is 11.1 Å². The van der Waals surface area contributed by atoms with Crippen LogP contribution >= 0.6 is 23.4 Å². The largest absolute Gasteiger partial charge is 0.300 e. The Morgan fingerprint density at radius 2 is 1.81 bits per heavy atom. The highest BCUT2D eigenvalue weighted by Crippen LogP contribution is 2.32. The summed E-state index contributed by atoms with van der Waals surface area (Å²) >= 11 is 7.48. The zero-order valence-corrected chi connectivity index (χ0v) is 15.6. The lowest BCUT2D eigenvalue weighted by Crippen LogP contribution is -2.19. The molecule has 0 unspecified atom stereocenters. The SMILES string of the molecule is Cc1c(Cl)cccc1N=C1NC(=O)/C(=C/c2cccc3ccccc23)S1. The number of nitrogens with one attached hydrogen (secondary N) is 1. The van der Waals surface area contributed by atoms with Gasteiger partial charge in [0.05, 0.1) is 10.6 Å². The molecule has 128 valence electrons. The number of nitrogens with zero attached hydrogens (tertiary/aromatic N) is 1. The Bertz CT molecular complexity index is 1080. The normalized spacial score (nSPS) is 17.2. The number of halogens is 1. The van der Waals surface area contributed by atoms with Gasteiger partial charge in [0.2, 0.25) is 0 Å². The van der Waals surface area contributed by atoms with Crippen LogP contribution in [0.2, 0.25) is 5.02 Å². The average molecular weight is 379 g/mol. The fourth-order valence-electron chi connectivity index (χ4n) is 2.82. The number of benzene rings is 3. The summed E-state index contributed by atoms with van der Waals surface area (Å²) < 4.78 is 0. The highest BCUT2D eigenvalue weighted by Gasteiger charge is 2.24. The minimum atomic E-state index is -0.138. The van der Waals surface area contributed by atoms with Gasteiger partial charge in [0.1, 0.15) is 0 Å². The summed E-state index contributed by atoms with van der Waals surface area (Å²) in [5.74, 6) is -0.138. The number of carbonyl (C=O) groups excluding carboxylic acids is 1. The second kappa shape index (κ2) is 6.98. The maximum Gasteiger partial charge on any atom is 0.264 e. The Labute approximate surface area is 160 Å². The van der Waals surface area contributed by atoms with Crippen LogP contribution in [-0.2, 0) is 4.79 Å². The molecule has 0 spiro atoms. The highest BCUT2D eigenvalue weighted by atomic mass is 35.5. The van der Waals surface area contributed by atoms with E-state index in [1.54, 1.807) is 0 Å². The van der Waals surface area contributed by atoms with Crippen LogP contribution < -0.4 is 5.32 Å². The number of hydrogen-bond donors (Lipinski definition) is 1. The molecule has 1 N–H and O–H groups in total. The maximum atomic E-state index is 12.4. The van der Waals surface area contributed by atoms with Crippen molar-refractivity contribution in [2.75, 3.05) is 0 Å². The van der Waals surface area contributed by atoms with Gasteiger partial charge in [0.15, 0.2) is 5.17 Å². The molecule has 1 saturated heterocycles. The van der Waals surface area contributed by atoms with Crippen LogP contribution in [0.1, 0.15) is 11.1 Å². The van der Waals surface area contributed by atoms with Crippen LogP contribution in [0, 0.1) is 6.92 Å². The molecule has 0 atom stereocenters. The monoisotopic (exact) mass is 378 g/mol. The van der Waals surface area contributed by atoms with E-state index in [4.69, 9.17) is 11.6 Å². The van der Waals surface area contributed by atoms with Gasteiger partial charge in [-0.2, -0.15) is 0 Å². The zero-order valence-electron chi connectivity index (χ0n) is 14.0. The topological polar surface area (TPSA) is 41.5 Å². The van der Waals surface area contributed by atoms with E-state index in [1.807, 2.05) is 55.5 Å². The molecule has 0 radical (unpaired) electrons. The molecule has 0 saturated carbocycles. The van der Waals surface area contributed by atoms with Gasteiger partial charge in [-0.25, -0.2) is 4.99 Å². The fourth-order valence-corrected chi connectivity index (χ4v) is 3.82. The number of amidine groups is 1. The predicted octanol–water partition coefficient (Wildman–Crippen LogP) is 5.69. The molecular weight excluding hydrogens is 364 g/mol. The molecule has 1 heterocycles. The van der Waals surface area contributed by atoms with Crippen molar-refractivity contribution in [1.29, 1.82) is 0 Å². The quantitative estimate of drug-likeness (QED) is 0.581. The second-order valence-corrected chi connectivity index (χ2v) is 7.37. The molecule has 26 heavy (non-hydrogen) atoms. The van der Waals surface area contributed by atoms with Gasteiger partial charge in [0, 0.05) is 5.02 Å². The minimum Gasteiger partial charge on any atom is -0.300 e. The van der Waals surface area contributed by atoms with Gasteiger partial charge in [0.25, 0.3) is 5.91 Å².